The molecule has 0 bridgehead atoms. The monoisotopic (exact) mass is 282 g/mol. The van der Waals surface area contributed by atoms with Crippen LogP contribution < -0.4 is 5.73 Å². The first-order chi connectivity index (χ1) is 7.82. The summed E-state index contributed by atoms with van der Waals surface area (Å²) in [6.07, 6.45) is 1.39. The predicted molar refractivity (Wildman–Crippen MR) is 73.3 cm³/mol. The molecule has 0 spiro atoms. The van der Waals surface area contributed by atoms with E-state index in [1.807, 2.05) is 13.8 Å². The molecule has 0 aromatic rings. The Labute approximate surface area is 109 Å². The standard InChI is InChI=1S/C10H22N2O3S2/c1-4-9(5-2)12(6-7-13)17(14,15)8(3)10(11)16/h8-9,13H,4-7H2,1-3H3,(H2,11,16). The highest BCUT2D eigenvalue weighted by molar-refractivity contribution is 7.92. The Hall–Kier alpha value is -0.240. The number of nitrogens with two attached hydrogens (primary N) is 1. The Morgan fingerprint density at radius 3 is 2.18 bits per heavy atom. The average Bonchev–Trinajstić information content (AvgIpc) is 2.28. The molecule has 0 rings (SSSR count). The van der Waals surface area contributed by atoms with Crippen molar-refractivity contribution in [3.05, 3.63) is 0 Å². The molecule has 0 aliphatic carbocycles. The summed E-state index contributed by atoms with van der Waals surface area (Å²) >= 11 is 4.74. The van der Waals surface area contributed by atoms with Crippen LogP contribution in [0.2, 0.25) is 0 Å². The van der Waals surface area contributed by atoms with Gasteiger partial charge in [0.25, 0.3) is 0 Å². The second kappa shape index (κ2) is 7.25. The van der Waals surface area contributed by atoms with Crippen molar-refractivity contribution in [3.8, 4) is 0 Å². The van der Waals surface area contributed by atoms with Crippen LogP contribution in [-0.4, -0.2) is 47.3 Å². The number of hydrogen-bond acceptors (Lipinski definition) is 4. The maximum absolute atomic E-state index is 12.3. The Bertz CT molecular complexity index is 339. The lowest BCUT2D eigenvalue weighted by Crippen LogP contribution is -2.48. The minimum atomic E-state index is -3.58. The maximum Gasteiger partial charge on any atom is 0.223 e. The van der Waals surface area contributed by atoms with Crippen LogP contribution in [0.1, 0.15) is 33.6 Å². The number of thiocarbonyl (C=S) groups is 1. The third kappa shape index (κ3) is 4.17. The molecule has 17 heavy (non-hydrogen) atoms. The second-order valence-corrected chi connectivity index (χ2v) is 6.57. The molecule has 7 heteroatoms. The van der Waals surface area contributed by atoms with Gasteiger partial charge in [0.15, 0.2) is 0 Å². The first kappa shape index (κ1) is 16.8. The molecule has 0 heterocycles. The van der Waals surface area contributed by atoms with E-state index in [0.717, 1.165) is 0 Å². The van der Waals surface area contributed by atoms with E-state index in [-0.39, 0.29) is 24.2 Å². The van der Waals surface area contributed by atoms with Gasteiger partial charge in [0, 0.05) is 12.6 Å². The lowest BCUT2D eigenvalue weighted by atomic mass is 10.2. The van der Waals surface area contributed by atoms with Gasteiger partial charge in [-0.05, 0) is 19.8 Å². The normalized spacial score (nSPS) is 14.2. The molecule has 0 saturated carbocycles. The fraction of sp³-hybridized carbons (Fsp3) is 0.900. The molecule has 3 N–H and O–H groups in total. The van der Waals surface area contributed by atoms with E-state index in [9.17, 15) is 8.42 Å². The second-order valence-electron chi connectivity index (χ2n) is 3.89. The summed E-state index contributed by atoms with van der Waals surface area (Å²) in [6, 6.07) is -0.121. The van der Waals surface area contributed by atoms with E-state index < -0.39 is 15.3 Å². The molecule has 1 atom stereocenters. The van der Waals surface area contributed by atoms with Crippen molar-refractivity contribution in [2.75, 3.05) is 13.2 Å². The lowest BCUT2D eigenvalue weighted by Gasteiger charge is -2.31. The molecule has 1 unspecified atom stereocenters. The van der Waals surface area contributed by atoms with E-state index in [4.69, 9.17) is 23.1 Å². The minimum absolute atomic E-state index is 0.0427. The summed E-state index contributed by atoms with van der Waals surface area (Å²) in [5, 5.41) is 8.09. The van der Waals surface area contributed by atoms with Crippen molar-refractivity contribution >= 4 is 27.2 Å². The number of aliphatic hydroxyl groups excluding tert-OH is 1. The predicted octanol–water partition coefficient (Wildman–Crippen LogP) is 0.474. The summed E-state index contributed by atoms with van der Waals surface area (Å²) in [5.74, 6) is 0. The van der Waals surface area contributed by atoms with Crippen molar-refractivity contribution in [1.29, 1.82) is 0 Å². The van der Waals surface area contributed by atoms with Gasteiger partial charge in [-0.15, -0.1) is 0 Å². The van der Waals surface area contributed by atoms with Gasteiger partial charge in [0.1, 0.15) is 5.25 Å². The van der Waals surface area contributed by atoms with Gasteiger partial charge in [-0.3, -0.25) is 0 Å². The van der Waals surface area contributed by atoms with E-state index in [1.165, 1.54) is 11.2 Å². The number of hydrogen-bond donors (Lipinski definition) is 2. The summed E-state index contributed by atoms with van der Waals surface area (Å²) in [5.41, 5.74) is 5.40. The van der Waals surface area contributed by atoms with Gasteiger partial charge in [-0.2, -0.15) is 4.31 Å². The van der Waals surface area contributed by atoms with Crippen LogP contribution in [0.15, 0.2) is 0 Å². The molecule has 0 saturated heterocycles. The van der Waals surface area contributed by atoms with Gasteiger partial charge in [-0.1, -0.05) is 26.1 Å². The number of rotatable bonds is 8. The first-order valence-electron chi connectivity index (χ1n) is 5.73. The van der Waals surface area contributed by atoms with Gasteiger partial charge >= 0.3 is 0 Å². The Morgan fingerprint density at radius 1 is 1.41 bits per heavy atom. The number of nitrogens with zero attached hydrogens (tertiary/aromatic N) is 1. The van der Waals surface area contributed by atoms with Crippen molar-refractivity contribution in [2.24, 2.45) is 5.73 Å². The third-order valence-corrected chi connectivity index (χ3v) is 5.63. The van der Waals surface area contributed by atoms with Crippen LogP contribution in [0.3, 0.4) is 0 Å². The van der Waals surface area contributed by atoms with Gasteiger partial charge in [0.2, 0.25) is 10.0 Å². The van der Waals surface area contributed by atoms with Gasteiger partial charge < -0.3 is 10.8 Å². The first-order valence-corrected chi connectivity index (χ1v) is 7.64. The molecule has 5 nitrogen and oxygen atoms in total. The smallest absolute Gasteiger partial charge is 0.223 e. The van der Waals surface area contributed by atoms with Crippen molar-refractivity contribution in [3.63, 3.8) is 0 Å². The lowest BCUT2D eigenvalue weighted by molar-refractivity contribution is 0.219. The molecule has 0 radical (unpaired) electrons. The van der Waals surface area contributed by atoms with E-state index >= 15 is 0 Å². The average molecular weight is 282 g/mol. The van der Waals surface area contributed by atoms with Crippen molar-refractivity contribution in [1.82, 2.24) is 4.31 Å². The van der Waals surface area contributed by atoms with E-state index in [0.29, 0.717) is 12.8 Å². The molecule has 102 valence electrons. The Kier molecular flexibility index (Phi) is 7.15. The molecular formula is C10H22N2O3S2. The maximum atomic E-state index is 12.3. The van der Waals surface area contributed by atoms with Gasteiger partial charge in [-0.25, -0.2) is 8.42 Å². The summed E-state index contributed by atoms with van der Waals surface area (Å²) in [7, 11) is -3.58. The van der Waals surface area contributed by atoms with Crippen LogP contribution in [0.5, 0.6) is 0 Å². The molecule has 0 fully saturated rings. The molecular weight excluding hydrogens is 260 g/mol. The highest BCUT2D eigenvalue weighted by Crippen LogP contribution is 2.17. The fourth-order valence-corrected chi connectivity index (χ4v) is 3.78. The summed E-state index contributed by atoms with van der Waals surface area (Å²) < 4.78 is 25.9. The Balaban J connectivity index is 5.23. The summed E-state index contributed by atoms with van der Waals surface area (Å²) in [4.78, 5) is -0.0427. The zero-order valence-corrected chi connectivity index (χ0v) is 12.2. The third-order valence-electron chi connectivity index (χ3n) is 2.84. The minimum Gasteiger partial charge on any atom is -0.395 e. The zero-order chi connectivity index (χ0) is 13.6. The molecule has 0 aromatic carbocycles. The zero-order valence-electron chi connectivity index (χ0n) is 10.6. The largest absolute Gasteiger partial charge is 0.395 e. The number of sulfonamides is 1. The molecule has 0 aliphatic heterocycles. The topological polar surface area (TPSA) is 83.6 Å². The van der Waals surface area contributed by atoms with Crippen molar-refractivity contribution in [2.45, 2.75) is 44.9 Å². The SMILES string of the molecule is CCC(CC)N(CCO)S(=O)(=O)C(C)C(N)=S. The van der Waals surface area contributed by atoms with Gasteiger partial charge in [0.05, 0.1) is 11.6 Å². The Morgan fingerprint density at radius 2 is 1.88 bits per heavy atom. The van der Waals surface area contributed by atoms with Crippen LogP contribution in [0.25, 0.3) is 0 Å². The quantitative estimate of drug-likeness (QED) is 0.632. The van der Waals surface area contributed by atoms with Crippen LogP contribution >= 0.6 is 12.2 Å². The highest BCUT2D eigenvalue weighted by Gasteiger charge is 2.33. The van der Waals surface area contributed by atoms with Crippen LogP contribution in [0, 0.1) is 0 Å². The molecule has 0 aromatic heterocycles. The van der Waals surface area contributed by atoms with Crippen molar-refractivity contribution < 1.29 is 13.5 Å². The highest BCUT2D eigenvalue weighted by atomic mass is 32.2. The number of aliphatic hydroxyl groups is 1. The molecule has 0 aliphatic rings. The van der Waals surface area contributed by atoms with Crippen LogP contribution in [0.4, 0.5) is 0 Å². The van der Waals surface area contributed by atoms with Crippen LogP contribution in [-0.2, 0) is 10.0 Å². The van der Waals surface area contributed by atoms with E-state index in [2.05, 4.69) is 0 Å². The summed E-state index contributed by atoms with van der Waals surface area (Å²) in [6.45, 7) is 5.19. The fourth-order valence-electron chi connectivity index (χ4n) is 1.66. The molecule has 0 amide bonds. The van der Waals surface area contributed by atoms with E-state index in [1.54, 1.807) is 0 Å².